The molecule has 0 spiro atoms. The minimum absolute atomic E-state index is 0. The van der Waals surface area contributed by atoms with Gasteiger partial charge in [-0.2, -0.15) is 8.78 Å². The summed E-state index contributed by atoms with van der Waals surface area (Å²) in [6.07, 6.45) is 1.94. The second-order valence-corrected chi connectivity index (χ2v) is 5.42. The summed E-state index contributed by atoms with van der Waals surface area (Å²) < 4.78 is 29.7. The Morgan fingerprint density at radius 2 is 2.17 bits per heavy atom. The number of para-hydroxylation sites is 2. The highest BCUT2D eigenvalue weighted by molar-refractivity contribution is 14.0. The summed E-state index contributed by atoms with van der Waals surface area (Å²) >= 11 is 0. The van der Waals surface area contributed by atoms with Gasteiger partial charge in [0.1, 0.15) is 5.75 Å². The molecule has 1 unspecified atom stereocenters. The molecule has 136 valence electrons. The van der Waals surface area contributed by atoms with E-state index < -0.39 is 6.61 Å². The number of nitrogens with one attached hydrogen (secondary N) is 2. The average Bonchev–Trinajstić information content (AvgIpc) is 2.99. The number of aliphatic imine (C=N–C) groups is 1. The number of rotatable bonds is 6. The highest BCUT2D eigenvalue weighted by Gasteiger charge is 2.25. The quantitative estimate of drug-likeness (QED) is 0.394. The number of alkyl halides is 2. The van der Waals surface area contributed by atoms with Crippen LogP contribution in [0.2, 0.25) is 0 Å². The first-order chi connectivity index (χ1) is 11.1. The molecule has 1 aromatic rings. The predicted octanol–water partition coefficient (Wildman–Crippen LogP) is 3.06. The summed E-state index contributed by atoms with van der Waals surface area (Å²) in [5.74, 6) is 0.993. The van der Waals surface area contributed by atoms with E-state index in [9.17, 15) is 8.78 Å². The van der Waals surface area contributed by atoms with Crippen molar-refractivity contribution in [1.82, 2.24) is 10.6 Å². The molecule has 1 aliphatic rings. The van der Waals surface area contributed by atoms with E-state index in [0.29, 0.717) is 5.69 Å². The molecule has 5 nitrogen and oxygen atoms in total. The normalized spacial score (nSPS) is 17.6. The smallest absolute Gasteiger partial charge is 0.387 e. The van der Waals surface area contributed by atoms with Gasteiger partial charge < -0.3 is 20.3 Å². The van der Waals surface area contributed by atoms with Crippen molar-refractivity contribution >= 4 is 35.6 Å². The Bertz CT molecular complexity index is 531. The monoisotopic (exact) mass is 454 g/mol. The Labute approximate surface area is 158 Å². The molecule has 1 aromatic carbocycles. The fraction of sp³-hybridized carbons (Fsp3) is 0.562. The maximum atomic E-state index is 12.5. The largest absolute Gasteiger partial charge is 0.433 e. The van der Waals surface area contributed by atoms with E-state index in [4.69, 9.17) is 0 Å². The van der Waals surface area contributed by atoms with Crippen molar-refractivity contribution in [2.24, 2.45) is 4.99 Å². The van der Waals surface area contributed by atoms with Gasteiger partial charge in [-0.15, -0.1) is 24.0 Å². The van der Waals surface area contributed by atoms with Crippen LogP contribution >= 0.6 is 24.0 Å². The molecule has 2 N–H and O–H groups in total. The first-order valence-electron chi connectivity index (χ1n) is 7.90. The summed E-state index contributed by atoms with van der Waals surface area (Å²) in [6.45, 7) is 1.64. The van der Waals surface area contributed by atoms with Crippen molar-refractivity contribution in [3.05, 3.63) is 24.3 Å². The number of hydrogen-bond acceptors (Lipinski definition) is 3. The number of guanidine groups is 1. The van der Waals surface area contributed by atoms with Crippen LogP contribution in [0.4, 0.5) is 14.5 Å². The third-order valence-electron chi connectivity index (χ3n) is 3.72. The van der Waals surface area contributed by atoms with Crippen LogP contribution in [-0.4, -0.2) is 45.3 Å². The van der Waals surface area contributed by atoms with E-state index in [1.165, 1.54) is 0 Å². The third kappa shape index (κ3) is 5.95. The Balaban J connectivity index is 0.00000288. The fourth-order valence-corrected chi connectivity index (χ4v) is 2.64. The average molecular weight is 454 g/mol. The van der Waals surface area contributed by atoms with Crippen LogP contribution in [0, 0.1) is 0 Å². The molecule has 1 aliphatic heterocycles. The standard InChI is InChI=1S/C16H24F2N4O.HI/c1-3-9-20-16(19-2)21-12-8-10-22(11-12)13-6-4-5-7-14(13)23-15(17)18;/h4-7,12,15H,3,8-11H2,1-2H3,(H2,19,20,21);1H. The molecule has 0 aromatic heterocycles. The molecule has 1 fully saturated rings. The van der Waals surface area contributed by atoms with Crippen molar-refractivity contribution in [1.29, 1.82) is 0 Å². The van der Waals surface area contributed by atoms with Gasteiger partial charge in [0, 0.05) is 32.7 Å². The van der Waals surface area contributed by atoms with Gasteiger partial charge in [-0.05, 0) is 25.0 Å². The number of benzene rings is 1. The molecule has 1 heterocycles. The zero-order valence-electron chi connectivity index (χ0n) is 14.0. The third-order valence-corrected chi connectivity index (χ3v) is 3.72. The van der Waals surface area contributed by atoms with Gasteiger partial charge in [0.15, 0.2) is 5.96 Å². The van der Waals surface area contributed by atoms with Gasteiger partial charge in [0.05, 0.1) is 5.69 Å². The predicted molar refractivity (Wildman–Crippen MR) is 104 cm³/mol. The molecule has 24 heavy (non-hydrogen) atoms. The highest BCUT2D eigenvalue weighted by Crippen LogP contribution is 2.31. The number of halogens is 3. The first kappa shape index (κ1) is 20.7. The number of hydrogen-bond donors (Lipinski definition) is 2. The van der Waals surface area contributed by atoms with E-state index in [0.717, 1.165) is 38.4 Å². The Morgan fingerprint density at radius 3 is 2.83 bits per heavy atom. The van der Waals surface area contributed by atoms with Gasteiger partial charge in [-0.3, -0.25) is 4.99 Å². The van der Waals surface area contributed by atoms with Crippen LogP contribution in [0.5, 0.6) is 5.75 Å². The van der Waals surface area contributed by atoms with Crippen LogP contribution in [0.25, 0.3) is 0 Å². The fourth-order valence-electron chi connectivity index (χ4n) is 2.64. The van der Waals surface area contributed by atoms with Crippen molar-refractivity contribution in [3.8, 4) is 5.75 Å². The summed E-state index contributed by atoms with van der Waals surface area (Å²) in [4.78, 5) is 6.25. The Kier molecular flexibility index (Phi) is 9.09. The van der Waals surface area contributed by atoms with Crippen molar-refractivity contribution in [2.75, 3.05) is 31.6 Å². The van der Waals surface area contributed by atoms with Crippen molar-refractivity contribution in [2.45, 2.75) is 32.4 Å². The van der Waals surface area contributed by atoms with Crippen LogP contribution in [-0.2, 0) is 0 Å². The molecule has 2 rings (SSSR count). The second kappa shape index (κ2) is 10.5. The van der Waals surface area contributed by atoms with Crippen LogP contribution in [0.3, 0.4) is 0 Å². The second-order valence-electron chi connectivity index (χ2n) is 5.42. The summed E-state index contributed by atoms with van der Waals surface area (Å²) in [7, 11) is 1.74. The SMILES string of the molecule is CCCNC(=NC)NC1CCN(c2ccccc2OC(F)F)C1.I. The van der Waals surface area contributed by atoms with Gasteiger partial charge in [0.25, 0.3) is 0 Å². The lowest BCUT2D eigenvalue weighted by atomic mass is 10.2. The topological polar surface area (TPSA) is 48.9 Å². The highest BCUT2D eigenvalue weighted by atomic mass is 127. The minimum Gasteiger partial charge on any atom is -0.433 e. The molecule has 0 aliphatic carbocycles. The molecule has 1 saturated heterocycles. The van der Waals surface area contributed by atoms with E-state index in [-0.39, 0.29) is 35.8 Å². The van der Waals surface area contributed by atoms with E-state index in [1.807, 2.05) is 12.1 Å². The summed E-state index contributed by atoms with van der Waals surface area (Å²) in [5, 5.41) is 6.60. The summed E-state index contributed by atoms with van der Waals surface area (Å²) in [6, 6.07) is 7.13. The molecule has 1 atom stereocenters. The van der Waals surface area contributed by atoms with Gasteiger partial charge in [0.2, 0.25) is 0 Å². The Hall–Kier alpha value is -1.32. The van der Waals surface area contributed by atoms with Gasteiger partial charge in [-0.1, -0.05) is 19.1 Å². The summed E-state index contributed by atoms with van der Waals surface area (Å²) in [5.41, 5.74) is 0.702. The molecular formula is C16H25F2IN4O. The number of ether oxygens (including phenoxy) is 1. The van der Waals surface area contributed by atoms with Crippen molar-refractivity contribution in [3.63, 3.8) is 0 Å². The Morgan fingerprint density at radius 1 is 1.42 bits per heavy atom. The first-order valence-corrected chi connectivity index (χ1v) is 7.90. The van der Waals surface area contributed by atoms with Gasteiger partial charge in [-0.25, -0.2) is 0 Å². The molecule has 0 saturated carbocycles. The van der Waals surface area contributed by atoms with E-state index in [2.05, 4.69) is 32.2 Å². The van der Waals surface area contributed by atoms with Crippen LogP contribution < -0.4 is 20.3 Å². The maximum absolute atomic E-state index is 12.5. The molecule has 0 radical (unpaired) electrons. The lowest BCUT2D eigenvalue weighted by molar-refractivity contribution is -0.0495. The molecule has 0 bridgehead atoms. The lowest BCUT2D eigenvalue weighted by Gasteiger charge is -2.22. The molecule has 8 heteroatoms. The van der Waals surface area contributed by atoms with E-state index >= 15 is 0 Å². The number of anilines is 1. The maximum Gasteiger partial charge on any atom is 0.387 e. The zero-order chi connectivity index (χ0) is 16.7. The van der Waals surface area contributed by atoms with Gasteiger partial charge >= 0.3 is 6.61 Å². The molecule has 0 amide bonds. The van der Waals surface area contributed by atoms with Crippen molar-refractivity contribution < 1.29 is 13.5 Å². The number of nitrogens with zero attached hydrogens (tertiary/aromatic N) is 2. The van der Waals surface area contributed by atoms with Crippen LogP contribution in [0.1, 0.15) is 19.8 Å². The molecular weight excluding hydrogens is 429 g/mol. The van der Waals surface area contributed by atoms with E-state index in [1.54, 1.807) is 19.2 Å². The minimum atomic E-state index is -2.82. The van der Waals surface area contributed by atoms with Crippen LogP contribution in [0.15, 0.2) is 29.3 Å². The zero-order valence-corrected chi connectivity index (χ0v) is 16.3. The lowest BCUT2D eigenvalue weighted by Crippen LogP contribution is -2.44.